The molecule has 0 spiro atoms. The number of anilines is 1. The smallest absolute Gasteiger partial charge is 0.232 e. The van der Waals surface area contributed by atoms with Crippen LogP contribution in [0.5, 0.6) is 5.75 Å². The lowest BCUT2D eigenvalue weighted by molar-refractivity contribution is 0.475. The van der Waals surface area contributed by atoms with Crippen molar-refractivity contribution >= 4 is 27.3 Å². The van der Waals surface area contributed by atoms with Crippen LogP contribution < -0.4 is 4.72 Å². The van der Waals surface area contributed by atoms with E-state index in [1.54, 1.807) is 0 Å². The largest absolute Gasteiger partial charge is 0.506 e. The number of phenols is 1. The van der Waals surface area contributed by atoms with E-state index in [4.69, 9.17) is 11.6 Å². The van der Waals surface area contributed by atoms with E-state index in [0.717, 1.165) is 6.42 Å². The minimum absolute atomic E-state index is 0.0711. The first-order valence-electron chi connectivity index (χ1n) is 4.93. The van der Waals surface area contributed by atoms with Crippen molar-refractivity contribution in [2.45, 2.75) is 19.8 Å². The number of rotatable bonds is 5. The van der Waals surface area contributed by atoms with Gasteiger partial charge in [-0.3, -0.25) is 4.72 Å². The van der Waals surface area contributed by atoms with Gasteiger partial charge in [-0.2, -0.15) is 0 Å². The van der Waals surface area contributed by atoms with Gasteiger partial charge in [-0.15, -0.1) is 0 Å². The second-order valence-corrected chi connectivity index (χ2v) is 5.69. The Morgan fingerprint density at radius 1 is 1.44 bits per heavy atom. The quantitative estimate of drug-likeness (QED) is 0.803. The molecule has 0 aliphatic heterocycles. The highest BCUT2D eigenvalue weighted by Crippen LogP contribution is 2.26. The topological polar surface area (TPSA) is 66.4 Å². The molecule has 1 aromatic carbocycles. The van der Waals surface area contributed by atoms with E-state index >= 15 is 0 Å². The van der Waals surface area contributed by atoms with Crippen molar-refractivity contribution in [2.75, 3.05) is 10.5 Å². The third kappa shape index (κ3) is 3.90. The molecule has 2 N–H and O–H groups in total. The molecule has 0 atom stereocenters. The summed E-state index contributed by atoms with van der Waals surface area (Å²) in [5.74, 6) is 0.0142. The third-order valence-electron chi connectivity index (χ3n) is 1.99. The predicted octanol–water partition coefficient (Wildman–Crippen LogP) is 2.59. The van der Waals surface area contributed by atoms with Crippen molar-refractivity contribution in [1.29, 1.82) is 0 Å². The Balaban J connectivity index is 2.76. The number of benzene rings is 1. The number of nitrogens with one attached hydrogen (secondary N) is 1. The normalized spacial score (nSPS) is 11.4. The number of hydrogen-bond donors (Lipinski definition) is 2. The predicted molar refractivity (Wildman–Crippen MR) is 65.4 cm³/mol. The Hall–Kier alpha value is -0.940. The van der Waals surface area contributed by atoms with Gasteiger partial charge in [0.2, 0.25) is 10.0 Å². The van der Waals surface area contributed by atoms with E-state index in [1.165, 1.54) is 18.2 Å². The Morgan fingerprint density at radius 3 is 2.69 bits per heavy atom. The zero-order chi connectivity index (χ0) is 12.2. The average Bonchev–Trinajstić information content (AvgIpc) is 2.20. The summed E-state index contributed by atoms with van der Waals surface area (Å²) in [5.41, 5.74) is 0.360. The number of unbranched alkanes of at least 4 members (excludes halogenated alkanes) is 1. The highest BCUT2D eigenvalue weighted by Gasteiger charge is 2.10. The molecule has 90 valence electrons. The summed E-state index contributed by atoms with van der Waals surface area (Å²) >= 11 is 5.66. The fourth-order valence-electron chi connectivity index (χ4n) is 1.14. The van der Waals surface area contributed by atoms with Crippen molar-refractivity contribution in [3.63, 3.8) is 0 Å². The maximum atomic E-state index is 11.5. The molecule has 1 aromatic rings. The Morgan fingerprint density at radius 2 is 2.12 bits per heavy atom. The lowest BCUT2D eigenvalue weighted by Gasteiger charge is -2.08. The zero-order valence-corrected chi connectivity index (χ0v) is 10.5. The van der Waals surface area contributed by atoms with Gasteiger partial charge in [0, 0.05) is 0 Å². The first kappa shape index (κ1) is 13.1. The summed E-state index contributed by atoms with van der Waals surface area (Å²) in [4.78, 5) is 0. The van der Waals surface area contributed by atoms with Crippen LogP contribution in [0.2, 0.25) is 5.02 Å². The molecular formula is C10H14ClNO3S. The molecule has 0 amide bonds. The van der Waals surface area contributed by atoms with Crippen LogP contribution in [0, 0.1) is 0 Å². The van der Waals surface area contributed by atoms with Crippen LogP contribution in [0.15, 0.2) is 18.2 Å². The molecule has 0 unspecified atom stereocenters. The molecule has 6 heteroatoms. The van der Waals surface area contributed by atoms with Crippen molar-refractivity contribution in [1.82, 2.24) is 0 Å². The molecule has 0 saturated heterocycles. The fraction of sp³-hybridized carbons (Fsp3) is 0.400. The minimum Gasteiger partial charge on any atom is -0.506 e. The van der Waals surface area contributed by atoms with Crippen LogP contribution in [0.1, 0.15) is 19.8 Å². The maximum absolute atomic E-state index is 11.5. The monoisotopic (exact) mass is 263 g/mol. The Bertz CT molecular complexity index is 459. The minimum atomic E-state index is -3.32. The summed E-state index contributed by atoms with van der Waals surface area (Å²) < 4.78 is 25.5. The average molecular weight is 264 g/mol. The fourth-order valence-corrected chi connectivity index (χ4v) is 2.57. The molecule has 0 fully saturated rings. The second kappa shape index (κ2) is 5.41. The molecule has 0 bridgehead atoms. The van der Waals surface area contributed by atoms with E-state index in [2.05, 4.69) is 4.72 Å². The molecule has 0 saturated carbocycles. The Labute approximate surface area is 100 Å². The van der Waals surface area contributed by atoms with Crippen molar-refractivity contribution < 1.29 is 13.5 Å². The van der Waals surface area contributed by atoms with Crippen molar-refractivity contribution in [2.24, 2.45) is 0 Å². The summed E-state index contributed by atoms with van der Waals surface area (Å²) in [6.45, 7) is 1.92. The second-order valence-electron chi connectivity index (χ2n) is 3.44. The molecule has 0 radical (unpaired) electrons. The van der Waals surface area contributed by atoms with Gasteiger partial charge in [0.05, 0.1) is 16.5 Å². The number of halogens is 1. The van der Waals surface area contributed by atoms with Gasteiger partial charge in [-0.05, 0) is 24.6 Å². The van der Waals surface area contributed by atoms with E-state index in [-0.39, 0.29) is 16.5 Å². The van der Waals surface area contributed by atoms with Crippen LogP contribution >= 0.6 is 11.6 Å². The lowest BCUT2D eigenvalue weighted by atomic mass is 10.3. The van der Waals surface area contributed by atoms with Gasteiger partial charge in [-0.1, -0.05) is 24.9 Å². The number of sulfonamides is 1. The summed E-state index contributed by atoms with van der Waals surface area (Å²) in [7, 11) is -3.32. The number of phenolic OH excluding ortho intramolecular Hbond substituents is 1. The zero-order valence-electron chi connectivity index (χ0n) is 8.90. The number of hydrogen-bond acceptors (Lipinski definition) is 3. The van der Waals surface area contributed by atoms with Crippen LogP contribution in [0.3, 0.4) is 0 Å². The summed E-state index contributed by atoms with van der Waals surface area (Å²) in [5, 5.41) is 9.30. The molecule has 0 aliphatic carbocycles. The summed E-state index contributed by atoms with van der Waals surface area (Å²) in [6, 6.07) is 4.19. The van der Waals surface area contributed by atoms with Crippen LogP contribution in [-0.4, -0.2) is 19.3 Å². The maximum Gasteiger partial charge on any atom is 0.232 e. The standard InChI is InChI=1S/C10H14ClNO3S/c1-2-3-6-16(14,15)12-8-4-5-10(13)9(11)7-8/h4-5,7,12-13H,2-3,6H2,1H3. The van der Waals surface area contributed by atoms with Gasteiger partial charge in [0.1, 0.15) is 5.75 Å². The van der Waals surface area contributed by atoms with E-state index in [1.807, 2.05) is 6.92 Å². The van der Waals surface area contributed by atoms with Crippen molar-refractivity contribution in [3.8, 4) is 5.75 Å². The molecule has 4 nitrogen and oxygen atoms in total. The van der Waals surface area contributed by atoms with E-state index < -0.39 is 10.0 Å². The van der Waals surface area contributed by atoms with Gasteiger partial charge in [0.25, 0.3) is 0 Å². The van der Waals surface area contributed by atoms with Crippen molar-refractivity contribution in [3.05, 3.63) is 23.2 Å². The number of aromatic hydroxyl groups is 1. The molecule has 0 aliphatic rings. The first-order chi connectivity index (χ1) is 7.44. The third-order valence-corrected chi connectivity index (χ3v) is 3.66. The molecule has 0 heterocycles. The highest BCUT2D eigenvalue weighted by molar-refractivity contribution is 7.92. The van der Waals surface area contributed by atoms with Gasteiger partial charge < -0.3 is 5.11 Å². The van der Waals surface area contributed by atoms with Gasteiger partial charge >= 0.3 is 0 Å². The lowest BCUT2D eigenvalue weighted by Crippen LogP contribution is -2.16. The first-order valence-corrected chi connectivity index (χ1v) is 6.96. The van der Waals surface area contributed by atoms with Gasteiger partial charge in [0.15, 0.2) is 0 Å². The highest BCUT2D eigenvalue weighted by atomic mass is 35.5. The van der Waals surface area contributed by atoms with E-state index in [9.17, 15) is 13.5 Å². The van der Waals surface area contributed by atoms with E-state index in [0.29, 0.717) is 12.1 Å². The Kier molecular flexibility index (Phi) is 4.44. The van der Waals surface area contributed by atoms with Gasteiger partial charge in [-0.25, -0.2) is 8.42 Å². The van der Waals surface area contributed by atoms with Crippen LogP contribution in [0.25, 0.3) is 0 Å². The van der Waals surface area contributed by atoms with Crippen LogP contribution in [-0.2, 0) is 10.0 Å². The van der Waals surface area contributed by atoms with Crippen LogP contribution in [0.4, 0.5) is 5.69 Å². The molecular weight excluding hydrogens is 250 g/mol. The summed E-state index contributed by atoms with van der Waals surface area (Å²) in [6.07, 6.45) is 1.43. The SMILES string of the molecule is CCCCS(=O)(=O)Nc1ccc(O)c(Cl)c1. The molecule has 16 heavy (non-hydrogen) atoms. The molecule has 1 rings (SSSR count). The molecule has 0 aromatic heterocycles.